The number of nitrogens with zero attached hydrogens (tertiary/aromatic N) is 1. The third-order valence-corrected chi connectivity index (χ3v) is 5.46. The largest absolute Gasteiger partial charge is 0.352 e. The Bertz CT molecular complexity index is 802. The molecule has 2 aromatic carbocycles. The average molecular weight is 444 g/mol. The third kappa shape index (κ3) is 6.17. The highest BCUT2D eigenvalue weighted by Crippen LogP contribution is 2.16. The Balaban J connectivity index is 1.42. The zero-order chi connectivity index (χ0) is 19.8. The van der Waals surface area contributed by atoms with Crippen LogP contribution in [0.2, 0.25) is 0 Å². The molecular weight excluding hydrogens is 418 g/mol. The van der Waals surface area contributed by atoms with E-state index in [-0.39, 0.29) is 18.2 Å². The van der Waals surface area contributed by atoms with Gasteiger partial charge in [-0.05, 0) is 61.3 Å². The molecule has 1 aliphatic heterocycles. The molecule has 3 rings (SSSR count). The first kappa shape index (κ1) is 20.6. The molecule has 6 heteroatoms. The Morgan fingerprint density at radius 2 is 1.61 bits per heavy atom. The first-order chi connectivity index (χ1) is 13.6. The van der Waals surface area contributed by atoms with Gasteiger partial charge in [0, 0.05) is 36.1 Å². The van der Waals surface area contributed by atoms with Crippen molar-refractivity contribution in [3.8, 4) is 0 Å². The minimum absolute atomic E-state index is 0.0629. The molecule has 148 valence electrons. The second-order valence-corrected chi connectivity index (χ2v) is 7.96. The third-order valence-electron chi connectivity index (χ3n) is 4.93. The van der Waals surface area contributed by atoms with E-state index in [2.05, 4.69) is 43.6 Å². The molecule has 2 amide bonds. The maximum absolute atomic E-state index is 12.2. The first-order valence-electron chi connectivity index (χ1n) is 9.71. The van der Waals surface area contributed by atoms with E-state index in [1.54, 1.807) is 12.1 Å². The molecule has 0 unspecified atom stereocenters. The normalized spacial score (nSPS) is 14.0. The van der Waals surface area contributed by atoms with Crippen LogP contribution >= 0.6 is 15.9 Å². The minimum Gasteiger partial charge on any atom is -0.352 e. The molecule has 1 aliphatic rings. The van der Waals surface area contributed by atoms with Crippen LogP contribution in [0.4, 0.5) is 0 Å². The second kappa shape index (κ2) is 10.4. The summed E-state index contributed by atoms with van der Waals surface area (Å²) in [7, 11) is 0. The highest BCUT2D eigenvalue weighted by molar-refractivity contribution is 9.10. The smallest absolute Gasteiger partial charge is 0.251 e. The Hall–Kier alpha value is -2.18. The lowest BCUT2D eigenvalue weighted by Crippen LogP contribution is -2.30. The van der Waals surface area contributed by atoms with E-state index in [4.69, 9.17) is 0 Å². The van der Waals surface area contributed by atoms with Gasteiger partial charge in [0.05, 0.1) is 0 Å². The number of halogens is 1. The van der Waals surface area contributed by atoms with Crippen molar-refractivity contribution in [2.24, 2.45) is 0 Å². The van der Waals surface area contributed by atoms with Gasteiger partial charge in [-0.1, -0.05) is 40.2 Å². The van der Waals surface area contributed by atoms with Crippen LogP contribution in [0.1, 0.15) is 40.7 Å². The zero-order valence-electron chi connectivity index (χ0n) is 15.9. The Labute approximate surface area is 174 Å². The van der Waals surface area contributed by atoms with Crippen LogP contribution in [0.3, 0.4) is 0 Å². The van der Waals surface area contributed by atoms with Crippen LogP contribution in [-0.2, 0) is 17.9 Å². The highest BCUT2D eigenvalue weighted by atomic mass is 79.9. The van der Waals surface area contributed by atoms with Crippen molar-refractivity contribution in [1.82, 2.24) is 15.5 Å². The van der Waals surface area contributed by atoms with Crippen molar-refractivity contribution in [3.05, 3.63) is 69.7 Å². The Morgan fingerprint density at radius 1 is 0.929 bits per heavy atom. The van der Waals surface area contributed by atoms with Gasteiger partial charge in [0.1, 0.15) is 0 Å². The van der Waals surface area contributed by atoms with Gasteiger partial charge in [0.15, 0.2) is 0 Å². The van der Waals surface area contributed by atoms with E-state index >= 15 is 0 Å². The lowest BCUT2D eigenvalue weighted by atomic mass is 10.1. The predicted molar refractivity (Wildman–Crippen MR) is 114 cm³/mol. The molecule has 2 N–H and O–H groups in total. The van der Waals surface area contributed by atoms with Gasteiger partial charge in [0.25, 0.3) is 5.91 Å². The SMILES string of the molecule is O=C(CCNC(=O)c1ccc(Br)cc1)NCc1ccccc1CN1CCCC1. The molecule has 2 aromatic rings. The summed E-state index contributed by atoms with van der Waals surface area (Å²) in [5.41, 5.74) is 3.01. The van der Waals surface area contributed by atoms with E-state index in [0.717, 1.165) is 29.7 Å². The van der Waals surface area contributed by atoms with Crippen molar-refractivity contribution in [1.29, 1.82) is 0 Å². The molecule has 0 saturated carbocycles. The summed E-state index contributed by atoms with van der Waals surface area (Å²) < 4.78 is 0.924. The molecule has 0 aliphatic carbocycles. The fourth-order valence-corrected chi connectivity index (χ4v) is 3.61. The molecule has 28 heavy (non-hydrogen) atoms. The average Bonchev–Trinajstić information content (AvgIpc) is 3.21. The number of hydrogen-bond donors (Lipinski definition) is 2. The molecule has 1 heterocycles. The maximum Gasteiger partial charge on any atom is 0.251 e. The number of carbonyl (C=O) groups excluding carboxylic acids is 2. The number of rotatable bonds is 8. The molecule has 5 nitrogen and oxygen atoms in total. The number of likely N-dealkylation sites (tertiary alicyclic amines) is 1. The molecule has 1 saturated heterocycles. The lowest BCUT2D eigenvalue weighted by molar-refractivity contribution is -0.121. The summed E-state index contributed by atoms with van der Waals surface area (Å²) in [5, 5.41) is 5.76. The van der Waals surface area contributed by atoms with E-state index in [1.165, 1.54) is 18.4 Å². The van der Waals surface area contributed by atoms with Crippen molar-refractivity contribution in [3.63, 3.8) is 0 Å². The maximum atomic E-state index is 12.2. The Morgan fingerprint density at radius 3 is 2.32 bits per heavy atom. The van der Waals surface area contributed by atoms with Crippen LogP contribution in [-0.4, -0.2) is 36.3 Å². The lowest BCUT2D eigenvalue weighted by Gasteiger charge is -2.17. The van der Waals surface area contributed by atoms with Gasteiger partial charge in [0.2, 0.25) is 5.91 Å². The number of benzene rings is 2. The van der Waals surface area contributed by atoms with E-state index in [1.807, 2.05) is 24.3 Å². The molecule has 0 radical (unpaired) electrons. The fraction of sp³-hybridized carbons (Fsp3) is 0.364. The van der Waals surface area contributed by atoms with Gasteiger partial charge in [-0.3, -0.25) is 14.5 Å². The van der Waals surface area contributed by atoms with Crippen LogP contribution in [0.25, 0.3) is 0 Å². The summed E-state index contributed by atoms with van der Waals surface area (Å²) >= 11 is 3.34. The van der Waals surface area contributed by atoms with E-state index < -0.39 is 0 Å². The summed E-state index contributed by atoms with van der Waals surface area (Å²) in [6, 6.07) is 15.4. The number of nitrogens with one attached hydrogen (secondary N) is 2. The standard InChI is InChI=1S/C22H26BrN3O2/c23-20-9-7-17(8-10-20)22(28)24-12-11-21(27)25-15-18-5-1-2-6-19(18)16-26-13-3-4-14-26/h1-2,5-10H,3-4,11-16H2,(H,24,28)(H,25,27). The molecule has 0 spiro atoms. The predicted octanol–water partition coefficient (Wildman–Crippen LogP) is 3.48. The first-order valence-corrected chi connectivity index (χ1v) is 10.5. The molecular formula is C22H26BrN3O2. The molecule has 0 bridgehead atoms. The van der Waals surface area contributed by atoms with Crippen molar-refractivity contribution in [2.75, 3.05) is 19.6 Å². The molecule has 1 fully saturated rings. The zero-order valence-corrected chi connectivity index (χ0v) is 17.5. The molecule has 0 aromatic heterocycles. The fourth-order valence-electron chi connectivity index (χ4n) is 3.34. The minimum atomic E-state index is -0.170. The van der Waals surface area contributed by atoms with Gasteiger partial charge >= 0.3 is 0 Å². The second-order valence-electron chi connectivity index (χ2n) is 7.04. The quantitative estimate of drug-likeness (QED) is 0.656. The van der Waals surface area contributed by atoms with Crippen LogP contribution in [0, 0.1) is 0 Å². The summed E-state index contributed by atoms with van der Waals surface area (Å²) in [5.74, 6) is -0.233. The van der Waals surface area contributed by atoms with Gasteiger partial charge in [-0.15, -0.1) is 0 Å². The van der Waals surface area contributed by atoms with Crippen molar-refractivity contribution in [2.45, 2.75) is 32.4 Å². The van der Waals surface area contributed by atoms with Crippen molar-refractivity contribution >= 4 is 27.7 Å². The number of hydrogen-bond acceptors (Lipinski definition) is 3. The van der Waals surface area contributed by atoms with Crippen LogP contribution < -0.4 is 10.6 Å². The van der Waals surface area contributed by atoms with Crippen molar-refractivity contribution < 1.29 is 9.59 Å². The Kier molecular flexibility index (Phi) is 7.62. The highest BCUT2D eigenvalue weighted by Gasteiger charge is 2.14. The summed E-state index contributed by atoms with van der Waals surface area (Å²) in [6.07, 6.45) is 2.80. The van der Waals surface area contributed by atoms with Crippen LogP contribution in [0.15, 0.2) is 53.0 Å². The summed E-state index contributed by atoms with van der Waals surface area (Å²) in [6.45, 7) is 4.08. The van der Waals surface area contributed by atoms with Gasteiger partial charge in [-0.25, -0.2) is 0 Å². The number of amides is 2. The topological polar surface area (TPSA) is 61.4 Å². The van der Waals surface area contributed by atoms with E-state index in [9.17, 15) is 9.59 Å². The van der Waals surface area contributed by atoms with Gasteiger partial charge < -0.3 is 10.6 Å². The number of carbonyl (C=O) groups is 2. The van der Waals surface area contributed by atoms with E-state index in [0.29, 0.717) is 18.7 Å². The van der Waals surface area contributed by atoms with Crippen LogP contribution in [0.5, 0.6) is 0 Å². The van der Waals surface area contributed by atoms with Gasteiger partial charge in [-0.2, -0.15) is 0 Å². The molecule has 0 atom stereocenters. The summed E-state index contributed by atoms with van der Waals surface area (Å²) in [4.78, 5) is 26.7. The monoisotopic (exact) mass is 443 g/mol.